The number of benzene rings is 1. The number of nitrogens with zero attached hydrogens (tertiary/aromatic N) is 1. The summed E-state index contributed by atoms with van der Waals surface area (Å²) in [6.45, 7) is 0. The lowest BCUT2D eigenvalue weighted by Crippen LogP contribution is -2.50. The lowest BCUT2D eigenvalue weighted by Gasteiger charge is -2.35. The van der Waals surface area contributed by atoms with E-state index in [2.05, 4.69) is 30.3 Å². The lowest BCUT2D eigenvalue weighted by atomic mass is 9.83. The van der Waals surface area contributed by atoms with Gasteiger partial charge in [0.25, 0.3) is 0 Å². The molecule has 3 heteroatoms. The van der Waals surface area contributed by atoms with Gasteiger partial charge >= 0.3 is 0 Å². The van der Waals surface area contributed by atoms with Crippen LogP contribution in [0.1, 0.15) is 31.2 Å². The normalized spacial score (nSPS) is 28.6. The van der Waals surface area contributed by atoms with E-state index >= 15 is 0 Å². The van der Waals surface area contributed by atoms with Crippen LogP contribution in [0.4, 0.5) is 0 Å². The molecule has 0 amide bonds. The minimum atomic E-state index is -0.613. The molecule has 1 aromatic rings. The van der Waals surface area contributed by atoms with Gasteiger partial charge in [0.1, 0.15) is 5.54 Å². The van der Waals surface area contributed by atoms with E-state index in [9.17, 15) is 5.26 Å². The van der Waals surface area contributed by atoms with Gasteiger partial charge in [-0.2, -0.15) is 17.0 Å². The van der Waals surface area contributed by atoms with Gasteiger partial charge in [-0.05, 0) is 18.4 Å². The first-order chi connectivity index (χ1) is 8.24. The highest BCUT2D eigenvalue weighted by atomic mass is 32.2. The average molecular weight is 246 g/mol. The highest BCUT2D eigenvalue weighted by Gasteiger charge is 2.37. The summed E-state index contributed by atoms with van der Waals surface area (Å²) < 4.78 is 0. The van der Waals surface area contributed by atoms with Crippen molar-refractivity contribution in [1.29, 1.82) is 5.26 Å². The molecule has 0 aliphatic heterocycles. The topological polar surface area (TPSA) is 49.8 Å². The second-order valence-electron chi connectivity index (χ2n) is 4.68. The van der Waals surface area contributed by atoms with Crippen molar-refractivity contribution in [2.24, 2.45) is 5.73 Å². The quantitative estimate of drug-likeness (QED) is 0.891. The summed E-state index contributed by atoms with van der Waals surface area (Å²) in [7, 11) is 0. The first kappa shape index (κ1) is 12.5. The van der Waals surface area contributed by atoms with Crippen LogP contribution in [0.25, 0.3) is 0 Å². The fraction of sp³-hybridized carbons (Fsp3) is 0.500. The molecule has 90 valence electrons. The zero-order valence-electron chi connectivity index (χ0n) is 9.93. The second-order valence-corrected chi connectivity index (χ2v) is 5.87. The van der Waals surface area contributed by atoms with Crippen LogP contribution >= 0.6 is 11.8 Å². The Hall–Kier alpha value is -0.980. The Kier molecular flexibility index (Phi) is 4.09. The van der Waals surface area contributed by atoms with E-state index in [4.69, 9.17) is 5.73 Å². The van der Waals surface area contributed by atoms with Gasteiger partial charge in [0.2, 0.25) is 0 Å². The molecule has 2 nitrogen and oxygen atoms in total. The maximum absolute atomic E-state index is 9.23. The van der Waals surface area contributed by atoms with Crippen LogP contribution in [0, 0.1) is 11.3 Å². The van der Waals surface area contributed by atoms with Crippen LogP contribution in [0.5, 0.6) is 0 Å². The van der Waals surface area contributed by atoms with E-state index in [1.165, 1.54) is 12.0 Å². The second kappa shape index (κ2) is 5.57. The smallest absolute Gasteiger partial charge is 0.116 e. The number of rotatable bonds is 3. The first-order valence-corrected chi connectivity index (χ1v) is 7.15. The Labute approximate surface area is 107 Å². The molecule has 1 aliphatic carbocycles. The van der Waals surface area contributed by atoms with Crippen LogP contribution < -0.4 is 5.73 Å². The fourth-order valence-electron chi connectivity index (χ4n) is 2.30. The Bertz CT molecular complexity index is 398. The van der Waals surface area contributed by atoms with Gasteiger partial charge < -0.3 is 5.73 Å². The Balaban J connectivity index is 1.96. The Morgan fingerprint density at radius 2 is 2.12 bits per heavy atom. The predicted octanol–water partition coefficient (Wildman–Crippen LogP) is 3.08. The molecule has 0 spiro atoms. The van der Waals surface area contributed by atoms with E-state index < -0.39 is 5.54 Å². The van der Waals surface area contributed by atoms with Crippen LogP contribution in [0.2, 0.25) is 0 Å². The van der Waals surface area contributed by atoms with Crippen molar-refractivity contribution in [2.75, 3.05) is 0 Å². The summed E-state index contributed by atoms with van der Waals surface area (Å²) >= 11 is 1.83. The molecule has 0 aromatic heterocycles. The molecule has 1 fully saturated rings. The van der Waals surface area contributed by atoms with Gasteiger partial charge in [-0.1, -0.05) is 43.2 Å². The van der Waals surface area contributed by atoms with E-state index in [1.54, 1.807) is 0 Å². The molecule has 1 aromatic carbocycles. The lowest BCUT2D eigenvalue weighted by molar-refractivity contribution is 0.379. The summed E-state index contributed by atoms with van der Waals surface area (Å²) in [5, 5.41) is 9.51. The van der Waals surface area contributed by atoms with Crippen molar-refractivity contribution in [3.63, 3.8) is 0 Å². The molecular weight excluding hydrogens is 228 g/mol. The molecule has 0 saturated heterocycles. The SMILES string of the molecule is N#CC1(N)CCCCC1SCc1ccccc1. The maximum atomic E-state index is 9.23. The number of nitriles is 1. The molecule has 1 aliphatic rings. The van der Waals surface area contributed by atoms with Crippen LogP contribution in [-0.4, -0.2) is 10.8 Å². The summed E-state index contributed by atoms with van der Waals surface area (Å²) in [6.07, 6.45) is 4.21. The van der Waals surface area contributed by atoms with E-state index in [1.807, 2.05) is 17.8 Å². The molecular formula is C14H18N2S. The van der Waals surface area contributed by atoms with Crippen molar-refractivity contribution >= 4 is 11.8 Å². The molecule has 2 atom stereocenters. The van der Waals surface area contributed by atoms with Gasteiger partial charge in [-0.3, -0.25) is 0 Å². The molecule has 2 unspecified atom stereocenters. The third-order valence-corrected chi connectivity index (χ3v) is 4.94. The number of hydrogen-bond donors (Lipinski definition) is 1. The molecule has 2 N–H and O–H groups in total. The van der Waals surface area contributed by atoms with Crippen LogP contribution in [0.3, 0.4) is 0 Å². The van der Waals surface area contributed by atoms with Gasteiger partial charge in [0, 0.05) is 11.0 Å². The Morgan fingerprint density at radius 3 is 2.82 bits per heavy atom. The van der Waals surface area contributed by atoms with Crippen molar-refractivity contribution in [2.45, 2.75) is 42.2 Å². The van der Waals surface area contributed by atoms with Gasteiger partial charge in [0.15, 0.2) is 0 Å². The molecule has 0 radical (unpaired) electrons. The summed E-state index contributed by atoms with van der Waals surface area (Å²) in [4.78, 5) is 0. The summed E-state index contributed by atoms with van der Waals surface area (Å²) in [5.41, 5.74) is 6.88. The largest absolute Gasteiger partial charge is 0.312 e. The molecule has 0 bridgehead atoms. The molecule has 2 rings (SSSR count). The van der Waals surface area contributed by atoms with Gasteiger partial charge in [0.05, 0.1) is 6.07 Å². The minimum absolute atomic E-state index is 0.279. The van der Waals surface area contributed by atoms with Gasteiger partial charge in [-0.15, -0.1) is 0 Å². The summed E-state index contributed by atoms with van der Waals surface area (Å²) in [6, 6.07) is 12.7. The molecule has 0 heterocycles. The van der Waals surface area contributed by atoms with Crippen LogP contribution in [-0.2, 0) is 5.75 Å². The van der Waals surface area contributed by atoms with Crippen molar-refractivity contribution < 1.29 is 0 Å². The highest BCUT2D eigenvalue weighted by molar-refractivity contribution is 7.99. The molecule has 17 heavy (non-hydrogen) atoms. The third kappa shape index (κ3) is 3.02. The fourth-order valence-corrected chi connectivity index (χ4v) is 3.68. The summed E-state index contributed by atoms with van der Waals surface area (Å²) in [5.74, 6) is 0.951. The van der Waals surface area contributed by atoms with Gasteiger partial charge in [-0.25, -0.2) is 0 Å². The third-order valence-electron chi connectivity index (χ3n) is 3.38. The zero-order chi connectivity index (χ0) is 12.1. The number of nitrogens with two attached hydrogens (primary N) is 1. The monoisotopic (exact) mass is 246 g/mol. The first-order valence-electron chi connectivity index (χ1n) is 6.10. The molecule has 1 saturated carbocycles. The van der Waals surface area contributed by atoms with E-state index in [0.29, 0.717) is 0 Å². The Morgan fingerprint density at radius 1 is 1.35 bits per heavy atom. The van der Waals surface area contributed by atoms with Crippen molar-refractivity contribution in [1.82, 2.24) is 0 Å². The van der Waals surface area contributed by atoms with E-state index in [-0.39, 0.29) is 5.25 Å². The van der Waals surface area contributed by atoms with Crippen LogP contribution in [0.15, 0.2) is 30.3 Å². The average Bonchev–Trinajstić information content (AvgIpc) is 2.39. The predicted molar refractivity (Wildman–Crippen MR) is 72.5 cm³/mol. The maximum Gasteiger partial charge on any atom is 0.116 e. The standard InChI is InChI=1S/C14H18N2S/c15-11-14(16)9-5-4-8-13(14)17-10-12-6-2-1-3-7-12/h1-3,6-7,13H,4-5,8-10,16H2. The zero-order valence-corrected chi connectivity index (χ0v) is 10.7. The number of thioether (sulfide) groups is 1. The number of hydrogen-bond acceptors (Lipinski definition) is 3. The minimum Gasteiger partial charge on any atom is -0.312 e. The van der Waals surface area contributed by atoms with E-state index in [0.717, 1.165) is 25.0 Å². The van der Waals surface area contributed by atoms with Crippen molar-refractivity contribution in [3.8, 4) is 6.07 Å². The van der Waals surface area contributed by atoms with Crippen molar-refractivity contribution in [3.05, 3.63) is 35.9 Å². The highest BCUT2D eigenvalue weighted by Crippen LogP contribution is 2.36.